The number of hydrogen-bond acceptors (Lipinski definition) is 3. The fourth-order valence-corrected chi connectivity index (χ4v) is 4.79. The van der Waals surface area contributed by atoms with Gasteiger partial charge in [-0.15, -0.1) is 0 Å². The molecule has 2 unspecified atom stereocenters. The molecule has 1 rings (SSSR count). The topological polar surface area (TPSA) is 31.0 Å². The summed E-state index contributed by atoms with van der Waals surface area (Å²) in [5.41, 5.74) is 0. The van der Waals surface area contributed by atoms with Gasteiger partial charge in [-0.3, -0.25) is 0 Å². The molecule has 0 bridgehead atoms. The average molecular weight is 300 g/mol. The number of allylic oxidation sites excluding steroid dienone is 1. The van der Waals surface area contributed by atoms with Crippen LogP contribution in [0.1, 0.15) is 40.5 Å². The van der Waals surface area contributed by atoms with E-state index < -0.39 is 0 Å². The second-order valence-electron chi connectivity index (χ2n) is 5.63. The Bertz CT molecular complexity index is 271. The first-order chi connectivity index (χ1) is 9.67. The van der Waals surface area contributed by atoms with Crippen LogP contribution in [0.4, 0.5) is 0 Å². The molecular formula is C16H31O3Si. The van der Waals surface area contributed by atoms with Crippen LogP contribution < -0.4 is 0 Å². The van der Waals surface area contributed by atoms with Gasteiger partial charge in [-0.25, -0.2) is 0 Å². The third-order valence-corrected chi connectivity index (χ3v) is 7.02. The second-order valence-corrected chi connectivity index (χ2v) is 8.62. The lowest BCUT2D eigenvalue weighted by atomic mass is 10.4. The molecule has 1 saturated heterocycles. The summed E-state index contributed by atoms with van der Waals surface area (Å²) < 4.78 is 16.4. The first-order valence-corrected chi connectivity index (χ1v) is 9.91. The zero-order valence-electron chi connectivity index (χ0n) is 13.6. The molecule has 117 valence electrons. The largest absolute Gasteiger partial charge is 0.375 e. The molecule has 2 atom stereocenters. The maximum Gasteiger partial charge on any atom is 0.104 e. The Balaban J connectivity index is 2.13. The van der Waals surface area contributed by atoms with E-state index in [1.165, 1.54) is 24.9 Å². The average Bonchev–Trinajstić information content (AvgIpc) is 3.25. The quantitative estimate of drug-likeness (QED) is 0.313. The first-order valence-electron chi connectivity index (χ1n) is 8.00. The van der Waals surface area contributed by atoms with Gasteiger partial charge in [0.1, 0.15) is 6.10 Å². The van der Waals surface area contributed by atoms with Crippen molar-refractivity contribution in [2.24, 2.45) is 0 Å². The summed E-state index contributed by atoms with van der Waals surface area (Å²) in [6, 6.07) is 2.78. The Labute approximate surface area is 126 Å². The van der Waals surface area contributed by atoms with E-state index in [0.29, 0.717) is 19.3 Å². The Morgan fingerprint density at radius 2 is 2.00 bits per heavy atom. The monoisotopic (exact) mass is 299 g/mol. The number of ether oxygens (including phenoxy) is 3. The molecule has 4 heteroatoms. The molecule has 1 fully saturated rings. The molecular weight excluding hydrogens is 268 g/mol. The molecule has 1 heterocycles. The zero-order valence-corrected chi connectivity index (χ0v) is 14.6. The van der Waals surface area contributed by atoms with E-state index in [0.717, 1.165) is 13.2 Å². The highest BCUT2D eigenvalue weighted by Gasteiger charge is 2.23. The van der Waals surface area contributed by atoms with Gasteiger partial charge in [-0.05, 0) is 13.8 Å². The fraction of sp³-hybridized carbons (Fsp3) is 0.875. The lowest BCUT2D eigenvalue weighted by Gasteiger charge is -2.15. The Morgan fingerprint density at radius 1 is 1.35 bits per heavy atom. The van der Waals surface area contributed by atoms with Crippen molar-refractivity contribution in [3.8, 4) is 0 Å². The van der Waals surface area contributed by atoms with E-state index in [1.807, 2.05) is 0 Å². The smallest absolute Gasteiger partial charge is 0.104 e. The maximum absolute atomic E-state index is 5.70. The van der Waals surface area contributed by atoms with E-state index in [1.54, 1.807) is 5.20 Å². The molecule has 0 N–H and O–H groups in total. The highest BCUT2D eigenvalue weighted by atomic mass is 28.3. The molecule has 0 aromatic rings. The minimum atomic E-state index is -0.304. The van der Waals surface area contributed by atoms with Crippen molar-refractivity contribution in [3.05, 3.63) is 11.3 Å². The molecule has 20 heavy (non-hydrogen) atoms. The van der Waals surface area contributed by atoms with Crippen LogP contribution in [-0.4, -0.2) is 47.4 Å². The van der Waals surface area contributed by atoms with Gasteiger partial charge in [0, 0.05) is 0 Å². The van der Waals surface area contributed by atoms with Gasteiger partial charge in [0.25, 0.3) is 0 Å². The molecule has 0 aromatic carbocycles. The van der Waals surface area contributed by atoms with Gasteiger partial charge in [0.05, 0.1) is 41.3 Å². The second kappa shape index (κ2) is 10.5. The lowest BCUT2D eigenvalue weighted by molar-refractivity contribution is -0.00504. The molecule has 1 radical (unpaired) electrons. The highest BCUT2D eigenvalue weighted by molar-refractivity contribution is 6.66. The number of epoxide rings is 1. The summed E-state index contributed by atoms with van der Waals surface area (Å²) in [5.74, 6) is 0. The van der Waals surface area contributed by atoms with Gasteiger partial charge >= 0.3 is 0 Å². The van der Waals surface area contributed by atoms with Gasteiger partial charge in [0.15, 0.2) is 0 Å². The third-order valence-electron chi connectivity index (χ3n) is 3.49. The van der Waals surface area contributed by atoms with Crippen LogP contribution >= 0.6 is 0 Å². The molecule has 1 aliphatic rings. The van der Waals surface area contributed by atoms with E-state index in [4.69, 9.17) is 14.2 Å². The standard InChI is InChI=1S/C16H31O3Si/c1-5-9-20(10-6-2)15(4)7-8-17-11-14(3)18-12-16-13-19-16/h7,14,16H,5-6,8-13H2,1-4H3. The van der Waals surface area contributed by atoms with Crippen LogP contribution in [0.15, 0.2) is 11.3 Å². The Morgan fingerprint density at radius 3 is 2.55 bits per heavy atom. The molecule has 3 nitrogen and oxygen atoms in total. The van der Waals surface area contributed by atoms with E-state index >= 15 is 0 Å². The van der Waals surface area contributed by atoms with Crippen LogP contribution in [0.5, 0.6) is 0 Å². The van der Waals surface area contributed by atoms with Gasteiger partial charge in [-0.2, -0.15) is 0 Å². The zero-order chi connectivity index (χ0) is 14.8. The molecule has 0 saturated carbocycles. The van der Waals surface area contributed by atoms with Crippen molar-refractivity contribution in [1.82, 2.24) is 0 Å². The minimum Gasteiger partial charge on any atom is -0.375 e. The predicted molar refractivity (Wildman–Crippen MR) is 85.7 cm³/mol. The normalized spacial score (nSPS) is 20.4. The number of rotatable bonds is 12. The minimum absolute atomic E-state index is 0.156. The van der Waals surface area contributed by atoms with E-state index in [9.17, 15) is 0 Å². The molecule has 1 aliphatic heterocycles. The molecule has 0 spiro atoms. The summed E-state index contributed by atoms with van der Waals surface area (Å²) in [4.78, 5) is 0. The molecule has 0 amide bonds. The van der Waals surface area contributed by atoms with Crippen LogP contribution in [0.25, 0.3) is 0 Å². The van der Waals surface area contributed by atoms with Crippen molar-refractivity contribution in [3.63, 3.8) is 0 Å². The van der Waals surface area contributed by atoms with Crippen molar-refractivity contribution in [2.45, 2.75) is 64.8 Å². The van der Waals surface area contributed by atoms with Gasteiger partial charge in [0.2, 0.25) is 0 Å². The van der Waals surface area contributed by atoms with E-state index in [-0.39, 0.29) is 14.9 Å². The third kappa shape index (κ3) is 8.20. The van der Waals surface area contributed by atoms with Crippen LogP contribution in [0.2, 0.25) is 12.1 Å². The SMILES string of the molecule is CCC[Si](CCC)C(C)=CCOCC(C)OCC1CO1. The summed E-state index contributed by atoms with van der Waals surface area (Å²) in [6.07, 6.45) is 5.39. The van der Waals surface area contributed by atoms with Gasteiger partial charge < -0.3 is 14.2 Å². The van der Waals surface area contributed by atoms with Crippen LogP contribution in [0.3, 0.4) is 0 Å². The summed E-state index contributed by atoms with van der Waals surface area (Å²) in [7, 11) is -0.304. The van der Waals surface area contributed by atoms with E-state index in [2.05, 4.69) is 33.8 Å². The highest BCUT2D eigenvalue weighted by Crippen LogP contribution is 2.14. The summed E-state index contributed by atoms with van der Waals surface area (Å²) in [5, 5.41) is 1.58. The fourth-order valence-electron chi connectivity index (χ4n) is 2.17. The Hall–Kier alpha value is -0.163. The maximum atomic E-state index is 5.70. The molecule has 0 aliphatic carbocycles. The lowest BCUT2D eigenvalue weighted by Crippen LogP contribution is -2.19. The first kappa shape index (κ1) is 17.9. The van der Waals surface area contributed by atoms with Crippen molar-refractivity contribution in [2.75, 3.05) is 26.4 Å². The molecule has 0 aromatic heterocycles. The van der Waals surface area contributed by atoms with Crippen LogP contribution in [-0.2, 0) is 14.2 Å². The van der Waals surface area contributed by atoms with Crippen molar-refractivity contribution in [1.29, 1.82) is 0 Å². The summed E-state index contributed by atoms with van der Waals surface area (Å²) in [6.45, 7) is 11.9. The van der Waals surface area contributed by atoms with Crippen molar-refractivity contribution < 1.29 is 14.2 Å². The van der Waals surface area contributed by atoms with Crippen LogP contribution in [0, 0.1) is 0 Å². The predicted octanol–water partition coefficient (Wildman–Crippen LogP) is 3.61. The van der Waals surface area contributed by atoms with Crippen molar-refractivity contribution >= 4 is 8.80 Å². The van der Waals surface area contributed by atoms with Gasteiger partial charge in [-0.1, -0.05) is 50.0 Å². The Kier molecular flexibility index (Phi) is 9.43. The summed E-state index contributed by atoms with van der Waals surface area (Å²) >= 11 is 0. The number of hydrogen-bond donors (Lipinski definition) is 0.